The first-order valence-electron chi connectivity index (χ1n) is 8.53. The average Bonchev–Trinajstić information content (AvgIpc) is 2.62. The summed E-state index contributed by atoms with van der Waals surface area (Å²) in [5, 5.41) is 6.89. The summed E-state index contributed by atoms with van der Waals surface area (Å²) in [6.45, 7) is 0. The molecule has 0 aromatic rings. The molecule has 4 atom stereocenters. The standard InChI is InChI=1S/C20H18N2O2/c23-19-11-5-1-3-7-15(11)21-17-10-14-18(9-13(17)19)22-16-8-4-2-6-12(16)20(14)24/h1,3,5-11,14-15,18,21-22H,2,4H2. The summed E-state index contributed by atoms with van der Waals surface area (Å²) in [5.41, 5.74) is 3.25. The Hall–Kier alpha value is -2.62. The molecule has 3 aliphatic carbocycles. The molecule has 0 aromatic carbocycles. The number of hydrogen-bond donors (Lipinski definition) is 2. The van der Waals surface area contributed by atoms with Crippen LogP contribution in [0.25, 0.3) is 0 Å². The third kappa shape index (κ3) is 1.86. The van der Waals surface area contributed by atoms with Crippen LogP contribution < -0.4 is 10.6 Å². The first-order chi connectivity index (χ1) is 11.7. The minimum absolute atomic E-state index is 0.0153. The van der Waals surface area contributed by atoms with Crippen LogP contribution in [-0.4, -0.2) is 23.7 Å². The van der Waals surface area contributed by atoms with Crippen LogP contribution in [0.15, 0.2) is 71.1 Å². The van der Waals surface area contributed by atoms with Gasteiger partial charge in [0.2, 0.25) is 0 Å². The normalized spacial score (nSPS) is 35.8. The highest BCUT2D eigenvalue weighted by Crippen LogP contribution is 2.37. The Morgan fingerprint density at radius 1 is 0.750 bits per heavy atom. The van der Waals surface area contributed by atoms with Crippen LogP contribution in [0.3, 0.4) is 0 Å². The summed E-state index contributed by atoms with van der Waals surface area (Å²) in [7, 11) is 0. The zero-order chi connectivity index (χ0) is 16.3. The van der Waals surface area contributed by atoms with Gasteiger partial charge in [-0.05, 0) is 25.0 Å². The molecule has 2 aliphatic heterocycles. The molecule has 0 spiro atoms. The Kier molecular flexibility index (Phi) is 2.84. The van der Waals surface area contributed by atoms with Gasteiger partial charge in [0, 0.05) is 22.5 Å². The van der Waals surface area contributed by atoms with Crippen LogP contribution in [0.1, 0.15) is 12.8 Å². The second kappa shape index (κ2) is 4.94. The zero-order valence-corrected chi connectivity index (χ0v) is 13.2. The smallest absolute Gasteiger partial charge is 0.173 e. The molecule has 5 rings (SSSR count). The molecule has 0 amide bonds. The fourth-order valence-corrected chi connectivity index (χ4v) is 4.22. The molecule has 4 unspecified atom stereocenters. The van der Waals surface area contributed by atoms with E-state index in [2.05, 4.69) is 16.7 Å². The van der Waals surface area contributed by atoms with E-state index in [1.54, 1.807) is 0 Å². The topological polar surface area (TPSA) is 58.2 Å². The van der Waals surface area contributed by atoms with Crippen molar-refractivity contribution in [3.63, 3.8) is 0 Å². The number of rotatable bonds is 0. The van der Waals surface area contributed by atoms with Crippen molar-refractivity contribution >= 4 is 11.6 Å². The molecule has 120 valence electrons. The van der Waals surface area contributed by atoms with Crippen molar-refractivity contribution in [1.82, 2.24) is 10.6 Å². The molecular weight excluding hydrogens is 300 g/mol. The number of fused-ring (bicyclic) bond motifs is 4. The van der Waals surface area contributed by atoms with Gasteiger partial charge in [0.25, 0.3) is 0 Å². The number of carbonyl (C=O) groups excluding carboxylic acids is 2. The molecule has 0 bridgehead atoms. The van der Waals surface area contributed by atoms with E-state index in [-0.39, 0.29) is 35.5 Å². The van der Waals surface area contributed by atoms with Gasteiger partial charge in [-0.2, -0.15) is 0 Å². The number of ketones is 2. The van der Waals surface area contributed by atoms with Crippen molar-refractivity contribution in [2.24, 2.45) is 11.8 Å². The molecule has 2 fully saturated rings. The Balaban J connectivity index is 1.55. The number of nitrogens with one attached hydrogen (secondary N) is 2. The second-order valence-electron chi connectivity index (χ2n) is 6.86. The van der Waals surface area contributed by atoms with Crippen LogP contribution in [0.2, 0.25) is 0 Å². The van der Waals surface area contributed by atoms with Gasteiger partial charge >= 0.3 is 0 Å². The van der Waals surface area contributed by atoms with Gasteiger partial charge in [-0.1, -0.05) is 36.5 Å². The highest BCUT2D eigenvalue weighted by Gasteiger charge is 2.43. The van der Waals surface area contributed by atoms with Crippen LogP contribution in [0, 0.1) is 11.8 Å². The van der Waals surface area contributed by atoms with E-state index in [0.717, 1.165) is 29.8 Å². The maximum Gasteiger partial charge on any atom is 0.173 e. The molecular formula is C20H18N2O2. The number of carbonyl (C=O) groups is 2. The van der Waals surface area contributed by atoms with E-state index in [9.17, 15) is 9.59 Å². The van der Waals surface area contributed by atoms with E-state index in [4.69, 9.17) is 0 Å². The Morgan fingerprint density at radius 3 is 2.42 bits per heavy atom. The third-order valence-corrected chi connectivity index (χ3v) is 5.44. The Morgan fingerprint density at radius 2 is 1.50 bits per heavy atom. The van der Waals surface area contributed by atoms with E-state index in [1.807, 2.05) is 42.5 Å². The first kappa shape index (κ1) is 13.8. The van der Waals surface area contributed by atoms with Crippen LogP contribution in [0.5, 0.6) is 0 Å². The van der Waals surface area contributed by atoms with Crippen molar-refractivity contribution < 1.29 is 9.59 Å². The van der Waals surface area contributed by atoms with E-state index in [0.29, 0.717) is 5.57 Å². The lowest BCUT2D eigenvalue weighted by atomic mass is 9.74. The van der Waals surface area contributed by atoms with Gasteiger partial charge in [0.05, 0.1) is 23.9 Å². The van der Waals surface area contributed by atoms with E-state index < -0.39 is 0 Å². The summed E-state index contributed by atoms with van der Waals surface area (Å²) in [5.74, 6) is -0.107. The van der Waals surface area contributed by atoms with Gasteiger partial charge in [0.1, 0.15) is 0 Å². The summed E-state index contributed by atoms with van der Waals surface area (Å²) in [4.78, 5) is 25.7. The lowest BCUT2D eigenvalue weighted by molar-refractivity contribution is -0.120. The summed E-state index contributed by atoms with van der Waals surface area (Å²) < 4.78 is 0. The Labute approximate surface area is 140 Å². The first-order valence-corrected chi connectivity index (χ1v) is 8.53. The summed E-state index contributed by atoms with van der Waals surface area (Å²) in [6.07, 6.45) is 17.7. The fraction of sp³-hybridized carbons (Fsp3) is 0.300. The molecule has 24 heavy (non-hydrogen) atoms. The number of allylic oxidation sites excluding steroid dienone is 6. The van der Waals surface area contributed by atoms with Gasteiger partial charge in [0.15, 0.2) is 11.6 Å². The van der Waals surface area contributed by atoms with Crippen LogP contribution in [0.4, 0.5) is 0 Å². The summed E-state index contributed by atoms with van der Waals surface area (Å²) in [6, 6.07) is -0.151. The van der Waals surface area contributed by atoms with Gasteiger partial charge in [-0.3, -0.25) is 9.59 Å². The predicted molar refractivity (Wildman–Crippen MR) is 90.7 cm³/mol. The largest absolute Gasteiger partial charge is 0.377 e. The highest BCUT2D eigenvalue weighted by molar-refractivity contribution is 6.08. The molecule has 2 N–H and O–H groups in total. The zero-order valence-electron chi connectivity index (χ0n) is 13.2. The average molecular weight is 318 g/mol. The van der Waals surface area contributed by atoms with Gasteiger partial charge < -0.3 is 10.6 Å². The fourth-order valence-electron chi connectivity index (χ4n) is 4.22. The van der Waals surface area contributed by atoms with E-state index >= 15 is 0 Å². The maximum absolute atomic E-state index is 12.9. The lowest BCUT2D eigenvalue weighted by Crippen LogP contribution is -2.51. The summed E-state index contributed by atoms with van der Waals surface area (Å²) >= 11 is 0. The highest BCUT2D eigenvalue weighted by atomic mass is 16.1. The van der Waals surface area contributed by atoms with Crippen LogP contribution in [-0.2, 0) is 9.59 Å². The van der Waals surface area contributed by atoms with E-state index in [1.165, 1.54) is 0 Å². The third-order valence-electron chi connectivity index (χ3n) is 5.44. The second-order valence-corrected chi connectivity index (χ2v) is 6.86. The number of Topliss-reactive ketones (excluding diaryl/α,β-unsaturated/α-hetero) is 2. The van der Waals surface area contributed by atoms with Crippen molar-refractivity contribution in [2.75, 3.05) is 0 Å². The molecule has 0 saturated carbocycles. The molecule has 4 heteroatoms. The lowest BCUT2D eigenvalue weighted by Gasteiger charge is -2.40. The van der Waals surface area contributed by atoms with Crippen LogP contribution >= 0.6 is 0 Å². The van der Waals surface area contributed by atoms with Crippen molar-refractivity contribution in [3.05, 3.63) is 71.1 Å². The van der Waals surface area contributed by atoms with Gasteiger partial charge in [-0.15, -0.1) is 0 Å². The minimum Gasteiger partial charge on any atom is -0.377 e. The predicted octanol–water partition coefficient (Wildman–Crippen LogP) is 1.85. The molecule has 0 aromatic heterocycles. The SMILES string of the molecule is O=C1C2=CC3NC4=CCCC=C4C(=O)C3C=C2NC2C=CC=CC12. The quantitative estimate of drug-likeness (QED) is 0.716. The van der Waals surface area contributed by atoms with Crippen molar-refractivity contribution in [1.29, 1.82) is 0 Å². The molecule has 0 radical (unpaired) electrons. The molecule has 4 nitrogen and oxygen atoms in total. The number of hydrogen-bond acceptors (Lipinski definition) is 4. The maximum atomic E-state index is 12.9. The van der Waals surface area contributed by atoms with Crippen molar-refractivity contribution in [3.8, 4) is 0 Å². The molecule has 5 aliphatic rings. The molecule has 2 saturated heterocycles. The monoisotopic (exact) mass is 318 g/mol. The molecule has 2 heterocycles. The Bertz CT molecular complexity index is 838. The van der Waals surface area contributed by atoms with Crippen molar-refractivity contribution in [2.45, 2.75) is 24.9 Å². The number of piperidine rings is 2. The van der Waals surface area contributed by atoms with Gasteiger partial charge in [-0.25, -0.2) is 0 Å². The minimum atomic E-state index is -0.245.